The molecule has 0 amide bonds. The molecule has 36 heavy (non-hydrogen) atoms. The molecule has 188 valence electrons. The summed E-state index contributed by atoms with van der Waals surface area (Å²) in [4.78, 5) is 3.45. The van der Waals surface area contributed by atoms with Gasteiger partial charge in [-0.2, -0.15) is 13.0 Å². The maximum absolute atomic E-state index is 11.4. The van der Waals surface area contributed by atoms with E-state index in [1.165, 1.54) is 0 Å². The number of aryl methyl sites for hydroxylation is 1. The molecule has 0 aliphatic carbocycles. The zero-order valence-corrected chi connectivity index (χ0v) is 22.8. The number of fused-ring (bicyclic) bond motifs is 4. The second-order valence-electron chi connectivity index (χ2n) is 8.71. The van der Waals surface area contributed by atoms with Crippen molar-refractivity contribution in [3.05, 3.63) is 69.7 Å². The molecule has 0 fully saturated rings. The summed E-state index contributed by atoms with van der Waals surface area (Å²) in [5.74, 6) is -0.276. The predicted molar refractivity (Wildman–Crippen MR) is 151 cm³/mol. The largest absolute Gasteiger partial charge is 0.335 e. The van der Waals surface area contributed by atoms with Crippen molar-refractivity contribution in [1.82, 2.24) is 0 Å². The molecule has 0 radical (unpaired) electrons. The van der Waals surface area contributed by atoms with Crippen LogP contribution in [0.25, 0.3) is 27.1 Å². The number of hydrogen-bond acceptors (Lipinski definition) is 6. The highest BCUT2D eigenvalue weighted by Crippen LogP contribution is 2.48. The van der Waals surface area contributed by atoms with Crippen molar-refractivity contribution in [2.24, 2.45) is 5.73 Å². The number of halogens is 1. The fraction of sp³-hybridized carbons (Fsp3) is 0.269. The van der Waals surface area contributed by atoms with Crippen LogP contribution in [0.3, 0.4) is 0 Å². The molecule has 10 heteroatoms. The van der Waals surface area contributed by atoms with Crippen LogP contribution in [0.2, 0.25) is 5.02 Å². The van der Waals surface area contributed by atoms with Gasteiger partial charge in [0.15, 0.2) is 6.54 Å². The van der Waals surface area contributed by atoms with Crippen LogP contribution in [-0.4, -0.2) is 31.8 Å². The van der Waals surface area contributed by atoms with Gasteiger partial charge in [-0.05, 0) is 55.1 Å². The number of thioether (sulfide) groups is 1. The minimum Gasteiger partial charge on any atom is -0.335 e. The summed E-state index contributed by atoms with van der Waals surface area (Å²) in [5, 5.41) is 5.08. The minimum atomic E-state index is -4.03. The second kappa shape index (κ2) is 10.7. The Hall–Kier alpha value is -2.14. The van der Waals surface area contributed by atoms with Gasteiger partial charge in [0.25, 0.3) is 15.1 Å². The number of rotatable bonds is 9. The first-order valence-electron chi connectivity index (χ1n) is 11.8. The lowest BCUT2D eigenvalue weighted by Gasteiger charge is -2.20. The third kappa shape index (κ3) is 5.41. The maximum Gasteiger partial charge on any atom is 0.265 e. The lowest BCUT2D eigenvalue weighted by molar-refractivity contribution is -0.667. The highest BCUT2D eigenvalue weighted by Gasteiger charge is 2.29. The summed E-state index contributed by atoms with van der Waals surface area (Å²) < 4.78 is 35.5. The fourth-order valence-corrected chi connectivity index (χ4v) is 7.52. The highest BCUT2D eigenvalue weighted by atomic mass is 35.5. The van der Waals surface area contributed by atoms with Crippen molar-refractivity contribution in [2.75, 3.05) is 23.7 Å². The Morgan fingerprint density at radius 3 is 2.72 bits per heavy atom. The molecule has 6 nitrogen and oxygen atoms in total. The summed E-state index contributed by atoms with van der Waals surface area (Å²) in [5.41, 5.74) is 7.93. The van der Waals surface area contributed by atoms with Crippen LogP contribution in [-0.2, 0) is 16.7 Å². The Bertz CT molecular complexity index is 1570. The van der Waals surface area contributed by atoms with Gasteiger partial charge in [0.05, 0.1) is 27.9 Å². The number of hydrogen-bond donors (Lipinski definition) is 2. The standard InChI is InChI=1S/C26H26ClN3O3S3/c27-19-9-11-22-21(16-19)29(13-4-3-12-28)24(34-22)17-25-30(14-5-15-36(31,32)33)26-20-7-2-1-6-18(20)8-10-23(26)35-25/h1-2,6-11,16-17H,3-5,12-15,28H2/p+1. The second-order valence-corrected chi connectivity index (χ2v) is 12.8. The van der Waals surface area contributed by atoms with E-state index in [-0.39, 0.29) is 5.75 Å². The quantitative estimate of drug-likeness (QED) is 0.150. The first-order chi connectivity index (χ1) is 17.3. The number of benzene rings is 3. The lowest BCUT2D eigenvalue weighted by Crippen LogP contribution is -2.36. The van der Waals surface area contributed by atoms with Crippen molar-refractivity contribution >= 4 is 77.6 Å². The Balaban J connectivity index is 1.61. The molecule has 0 unspecified atom stereocenters. The molecule has 2 heterocycles. The van der Waals surface area contributed by atoms with Gasteiger partial charge < -0.3 is 10.6 Å². The number of nitrogens with zero attached hydrogens (tertiary/aromatic N) is 2. The van der Waals surface area contributed by atoms with E-state index in [0.29, 0.717) is 24.5 Å². The van der Waals surface area contributed by atoms with Gasteiger partial charge in [-0.25, -0.2) is 0 Å². The topological polar surface area (TPSA) is 87.5 Å². The number of anilines is 1. The van der Waals surface area contributed by atoms with Gasteiger partial charge in [-0.15, -0.1) is 0 Å². The molecule has 3 aromatic carbocycles. The normalized spacial score (nSPS) is 14.9. The van der Waals surface area contributed by atoms with Crippen LogP contribution in [0.15, 0.2) is 64.5 Å². The van der Waals surface area contributed by atoms with Gasteiger partial charge in [0.1, 0.15) is 4.70 Å². The average molecular weight is 561 g/mol. The molecule has 1 aliphatic heterocycles. The maximum atomic E-state index is 11.4. The SMILES string of the molecule is NCCCCN1C(=Cc2sc3ccc4ccccc4c3[n+]2CCCS(=O)(=O)O)Sc2ccc(Cl)cc21. The smallest absolute Gasteiger partial charge is 0.265 e. The van der Waals surface area contributed by atoms with E-state index < -0.39 is 10.1 Å². The molecule has 0 saturated carbocycles. The number of thiazole rings is 1. The Labute approximate surface area is 224 Å². The van der Waals surface area contributed by atoms with Gasteiger partial charge in [0.2, 0.25) is 5.52 Å². The number of nitrogens with two attached hydrogens (primary N) is 1. The highest BCUT2D eigenvalue weighted by molar-refractivity contribution is 8.03. The van der Waals surface area contributed by atoms with Crippen LogP contribution in [0, 0.1) is 0 Å². The van der Waals surface area contributed by atoms with Crippen molar-refractivity contribution in [3.8, 4) is 0 Å². The number of aromatic nitrogens is 1. The van der Waals surface area contributed by atoms with Gasteiger partial charge in [-0.1, -0.05) is 59.0 Å². The Kier molecular flexibility index (Phi) is 7.57. The molecule has 5 rings (SSSR count). The summed E-state index contributed by atoms with van der Waals surface area (Å²) in [7, 11) is -4.03. The van der Waals surface area contributed by atoms with Crippen LogP contribution in [0.4, 0.5) is 5.69 Å². The van der Waals surface area contributed by atoms with Crippen LogP contribution < -0.4 is 15.2 Å². The first kappa shape index (κ1) is 25.5. The van der Waals surface area contributed by atoms with Gasteiger partial charge >= 0.3 is 0 Å². The predicted octanol–water partition coefficient (Wildman–Crippen LogP) is 5.92. The van der Waals surface area contributed by atoms with Crippen LogP contribution >= 0.6 is 34.7 Å². The Morgan fingerprint density at radius 2 is 1.92 bits per heavy atom. The molecule has 0 spiro atoms. The van der Waals surface area contributed by atoms with Gasteiger partial charge in [0, 0.05) is 22.9 Å². The van der Waals surface area contributed by atoms with Gasteiger partial charge in [-0.3, -0.25) is 4.55 Å². The fourth-order valence-electron chi connectivity index (χ4n) is 4.54. The first-order valence-corrected chi connectivity index (χ1v) is 15.4. The van der Waals surface area contributed by atoms with Crippen molar-refractivity contribution in [2.45, 2.75) is 30.7 Å². The average Bonchev–Trinajstić information content (AvgIpc) is 3.36. The molecule has 1 aliphatic rings. The molecule has 0 bridgehead atoms. The van der Waals surface area contributed by atoms with E-state index in [2.05, 4.69) is 45.9 Å². The third-order valence-corrected chi connectivity index (χ3v) is 9.42. The van der Waals surface area contributed by atoms with E-state index in [4.69, 9.17) is 17.3 Å². The molecule has 0 saturated heterocycles. The molecule has 3 N–H and O–H groups in total. The molecule has 4 aromatic rings. The molecular weight excluding hydrogens is 534 g/mol. The monoisotopic (exact) mass is 560 g/mol. The summed E-state index contributed by atoms with van der Waals surface area (Å²) in [6, 6.07) is 18.4. The van der Waals surface area contributed by atoms with E-state index in [1.54, 1.807) is 23.1 Å². The van der Waals surface area contributed by atoms with Crippen LogP contribution in [0.5, 0.6) is 0 Å². The molecule has 0 atom stereocenters. The zero-order chi connectivity index (χ0) is 25.3. The molecular formula is C26H27ClN3O3S3+. The lowest BCUT2D eigenvalue weighted by atomic mass is 10.1. The van der Waals surface area contributed by atoms with Crippen LogP contribution in [0.1, 0.15) is 24.3 Å². The van der Waals surface area contributed by atoms with Crippen molar-refractivity contribution in [3.63, 3.8) is 0 Å². The van der Waals surface area contributed by atoms with E-state index in [1.807, 2.05) is 24.3 Å². The van der Waals surface area contributed by atoms with E-state index in [9.17, 15) is 13.0 Å². The summed E-state index contributed by atoms with van der Waals surface area (Å²) in [6.07, 6.45) is 4.41. The van der Waals surface area contributed by atoms with Crippen molar-refractivity contribution < 1.29 is 17.5 Å². The number of unbranched alkanes of at least 4 members (excludes halogenated alkanes) is 1. The molecule has 1 aromatic heterocycles. The third-order valence-electron chi connectivity index (χ3n) is 6.17. The van der Waals surface area contributed by atoms with E-state index in [0.717, 1.165) is 61.0 Å². The minimum absolute atomic E-state index is 0.276. The summed E-state index contributed by atoms with van der Waals surface area (Å²) >= 11 is 9.73. The van der Waals surface area contributed by atoms with Crippen molar-refractivity contribution in [1.29, 1.82) is 0 Å². The zero-order valence-electron chi connectivity index (χ0n) is 19.6. The Morgan fingerprint density at radius 1 is 1.08 bits per heavy atom. The summed E-state index contributed by atoms with van der Waals surface area (Å²) in [6.45, 7) is 1.96. The van der Waals surface area contributed by atoms with E-state index >= 15 is 0 Å².